The Morgan fingerprint density at radius 2 is 2.06 bits per heavy atom. The van der Waals surface area contributed by atoms with Gasteiger partial charge in [0.25, 0.3) is 0 Å². The van der Waals surface area contributed by atoms with Crippen molar-refractivity contribution in [1.29, 1.82) is 0 Å². The van der Waals surface area contributed by atoms with Gasteiger partial charge in [-0.05, 0) is 17.7 Å². The SMILES string of the molecule is CCc1nnc(CS(=O)Cc2cccc(Br)c2)o1. The van der Waals surface area contributed by atoms with Crippen LogP contribution in [0, 0.1) is 0 Å². The maximum atomic E-state index is 12.0. The zero-order valence-corrected chi connectivity index (χ0v) is 12.3. The quantitative estimate of drug-likeness (QED) is 0.846. The third-order valence-electron chi connectivity index (χ3n) is 2.31. The molecule has 2 rings (SSSR count). The van der Waals surface area contributed by atoms with Crippen LogP contribution < -0.4 is 0 Å². The van der Waals surface area contributed by atoms with Crippen LogP contribution in [0.3, 0.4) is 0 Å². The van der Waals surface area contributed by atoms with E-state index < -0.39 is 10.8 Å². The summed E-state index contributed by atoms with van der Waals surface area (Å²) in [6.45, 7) is 1.94. The van der Waals surface area contributed by atoms with Gasteiger partial charge in [0.2, 0.25) is 11.8 Å². The molecule has 18 heavy (non-hydrogen) atoms. The maximum absolute atomic E-state index is 12.0. The van der Waals surface area contributed by atoms with Crippen LogP contribution in [0.4, 0.5) is 0 Å². The number of benzene rings is 1. The van der Waals surface area contributed by atoms with E-state index in [4.69, 9.17) is 4.42 Å². The average Bonchev–Trinajstić information content (AvgIpc) is 2.76. The molecule has 6 heteroatoms. The third kappa shape index (κ3) is 3.74. The molecular formula is C12H13BrN2O2S. The fourth-order valence-corrected chi connectivity index (χ4v) is 2.98. The van der Waals surface area contributed by atoms with Gasteiger partial charge in [-0.15, -0.1) is 10.2 Å². The minimum atomic E-state index is -1.04. The zero-order valence-electron chi connectivity index (χ0n) is 9.93. The lowest BCUT2D eigenvalue weighted by molar-refractivity contribution is 0.468. The molecule has 0 radical (unpaired) electrons. The molecule has 1 atom stereocenters. The van der Waals surface area contributed by atoms with Crippen molar-refractivity contribution in [3.8, 4) is 0 Å². The van der Waals surface area contributed by atoms with E-state index in [-0.39, 0.29) is 0 Å². The van der Waals surface area contributed by atoms with Gasteiger partial charge in [0.15, 0.2) is 0 Å². The number of aromatic nitrogens is 2. The topological polar surface area (TPSA) is 56.0 Å². The summed E-state index contributed by atoms with van der Waals surface area (Å²) < 4.78 is 18.3. The largest absolute Gasteiger partial charge is 0.424 e. The fourth-order valence-electron chi connectivity index (χ4n) is 1.49. The first-order chi connectivity index (χ1) is 8.67. The number of aryl methyl sites for hydroxylation is 1. The van der Waals surface area contributed by atoms with E-state index in [1.807, 2.05) is 31.2 Å². The molecule has 0 aliphatic heterocycles. The summed E-state index contributed by atoms with van der Waals surface area (Å²) in [5.74, 6) is 1.83. The highest BCUT2D eigenvalue weighted by atomic mass is 79.9. The number of hydrogen-bond acceptors (Lipinski definition) is 4. The fraction of sp³-hybridized carbons (Fsp3) is 0.333. The highest BCUT2D eigenvalue weighted by Gasteiger charge is 2.09. The molecule has 0 fully saturated rings. The van der Waals surface area contributed by atoms with E-state index in [1.54, 1.807) is 0 Å². The van der Waals surface area contributed by atoms with E-state index in [2.05, 4.69) is 26.1 Å². The minimum absolute atomic E-state index is 0.305. The number of rotatable bonds is 5. The molecule has 0 N–H and O–H groups in total. The van der Waals surface area contributed by atoms with Crippen molar-refractivity contribution in [2.45, 2.75) is 24.9 Å². The second-order valence-electron chi connectivity index (χ2n) is 3.80. The Labute approximate surface area is 116 Å². The molecule has 0 aliphatic rings. The molecule has 0 bridgehead atoms. The van der Waals surface area contributed by atoms with E-state index in [9.17, 15) is 4.21 Å². The highest BCUT2D eigenvalue weighted by Crippen LogP contribution is 2.14. The van der Waals surface area contributed by atoms with E-state index >= 15 is 0 Å². The van der Waals surface area contributed by atoms with Crippen LogP contribution in [0.2, 0.25) is 0 Å². The zero-order chi connectivity index (χ0) is 13.0. The molecular weight excluding hydrogens is 316 g/mol. The predicted octanol–water partition coefficient (Wildman–Crippen LogP) is 2.84. The number of nitrogens with zero attached hydrogens (tertiary/aromatic N) is 2. The van der Waals surface area contributed by atoms with Crippen LogP contribution in [-0.4, -0.2) is 14.4 Å². The first kappa shape index (κ1) is 13.4. The highest BCUT2D eigenvalue weighted by molar-refractivity contribution is 9.10. The van der Waals surface area contributed by atoms with Gasteiger partial charge in [0.1, 0.15) is 5.75 Å². The molecule has 96 valence electrons. The Morgan fingerprint density at radius 1 is 1.28 bits per heavy atom. The summed E-state index contributed by atoms with van der Waals surface area (Å²) in [5, 5.41) is 7.72. The number of halogens is 1. The molecule has 1 aromatic carbocycles. The third-order valence-corrected chi connectivity index (χ3v) is 4.03. The van der Waals surface area contributed by atoms with E-state index in [0.717, 1.165) is 10.0 Å². The van der Waals surface area contributed by atoms with Gasteiger partial charge in [-0.3, -0.25) is 4.21 Å². The van der Waals surface area contributed by atoms with Crippen molar-refractivity contribution < 1.29 is 8.63 Å². The lowest BCUT2D eigenvalue weighted by Gasteiger charge is -2.00. The van der Waals surface area contributed by atoms with Crippen molar-refractivity contribution in [1.82, 2.24) is 10.2 Å². The van der Waals surface area contributed by atoms with E-state index in [1.165, 1.54) is 0 Å². The molecule has 1 heterocycles. The van der Waals surface area contributed by atoms with Crippen molar-refractivity contribution in [3.05, 3.63) is 46.1 Å². The molecule has 1 unspecified atom stereocenters. The Morgan fingerprint density at radius 3 is 2.72 bits per heavy atom. The normalized spacial score (nSPS) is 12.6. The second kappa shape index (κ2) is 6.24. The lowest BCUT2D eigenvalue weighted by Crippen LogP contribution is -1.99. The van der Waals surface area contributed by atoms with Crippen LogP contribution in [0.1, 0.15) is 24.3 Å². The summed E-state index contributed by atoms with van der Waals surface area (Å²) in [4.78, 5) is 0. The van der Waals surface area contributed by atoms with Gasteiger partial charge in [-0.1, -0.05) is 35.0 Å². The van der Waals surface area contributed by atoms with Crippen LogP contribution >= 0.6 is 15.9 Å². The Kier molecular flexibility index (Phi) is 4.66. The summed E-state index contributed by atoms with van der Waals surface area (Å²) in [5.41, 5.74) is 1.03. The maximum Gasteiger partial charge on any atom is 0.229 e. The molecule has 4 nitrogen and oxygen atoms in total. The molecule has 1 aromatic heterocycles. The van der Waals surface area contributed by atoms with Crippen molar-refractivity contribution in [2.75, 3.05) is 0 Å². The lowest BCUT2D eigenvalue weighted by atomic mass is 10.2. The van der Waals surface area contributed by atoms with Gasteiger partial charge < -0.3 is 4.42 Å². The second-order valence-corrected chi connectivity index (χ2v) is 6.17. The first-order valence-electron chi connectivity index (χ1n) is 5.58. The van der Waals surface area contributed by atoms with E-state index in [0.29, 0.717) is 29.7 Å². The van der Waals surface area contributed by atoms with Crippen molar-refractivity contribution in [3.63, 3.8) is 0 Å². The summed E-state index contributed by atoms with van der Waals surface area (Å²) in [7, 11) is -1.04. The summed E-state index contributed by atoms with van der Waals surface area (Å²) >= 11 is 3.39. The van der Waals surface area contributed by atoms with Gasteiger partial charge in [0, 0.05) is 27.4 Å². The van der Waals surface area contributed by atoms with Gasteiger partial charge >= 0.3 is 0 Å². The smallest absolute Gasteiger partial charge is 0.229 e. The molecule has 2 aromatic rings. The monoisotopic (exact) mass is 328 g/mol. The summed E-state index contributed by atoms with van der Waals surface area (Å²) in [6, 6.07) is 7.79. The molecule has 0 spiro atoms. The van der Waals surface area contributed by atoms with Gasteiger partial charge in [0.05, 0.1) is 0 Å². The van der Waals surface area contributed by atoms with Crippen LogP contribution in [-0.2, 0) is 28.7 Å². The predicted molar refractivity (Wildman–Crippen MR) is 73.4 cm³/mol. The standard InChI is InChI=1S/C12H13BrN2O2S/c1-2-11-14-15-12(17-11)8-18(16)7-9-4-3-5-10(13)6-9/h3-6H,2,7-8H2,1H3. The van der Waals surface area contributed by atoms with Crippen LogP contribution in [0.25, 0.3) is 0 Å². The number of hydrogen-bond donors (Lipinski definition) is 0. The Balaban J connectivity index is 1.96. The van der Waals surface area contributed by atoms with Crippen LogP contribution in [0.5, 0.6) is 0 Å². The van der Waals surface area contributed by atoms with Crippen LogP contribution in [0.15, 0.2) is 33.2 Å². The molecule has 0 saturated heterocycles. The molecule has 0 saturated carbocycles. The molecule has 0 aliphatic carbocycles. The van der Waals surface area contributed by atoms with Gasteiger partial charge in [-0.2, -0.15) is 0 Å². The molecule has 0 amide bonds. The van der Waals surface area contributed by atoms with Crippen molar-refractivity contribution in [2.24, 2.45) is 0 Å². The van der Waals surface area contributed by atoms with Crippen molar-refractivity contribution >= 4 is 26.7 Å². The first-order valence-corrected chi connectivity index (χ1v) is 7.86. The Bertz CT molecular complexity index is 557. The van der Waals surface area contributed by atoms with Gasteiger partial charge in [-0.25, -0.2) is 0 Å². The summed E-state index contributed by atoms with van der Waals surface area (Å²) in [6.07, 6.45) is 0.700. The minimum Gasteiger partial charge on any atom is -0.424 e. The average molecular weight is 329 g/mol. The Hall–Kier alpha value is -1.01.